The molecule has 0 aromatic heterocycles. The second-order valence-electron chi connectivity index (χ2n) is 2.41. The molecule has 0 spiro atoms. The molecule has 0 saturated heterocycles. The molecule has 0 aliphatic carbocycles. The number of rotatable bonds is 3. The first-order chi connectivity index (χ1) is 5.86. The van der Waals surface area contributed by atoms with Gasteiger partial charge in [-0.05, 0) is 17.7 Å². The second kappa shape index (κ2) is 4.57. The van der Waals surface area contributed by atoms with Crippen molar-refractivity contribution in [2.45, 2.75) is 0 Å². The maximum Gasteiger partial charge on any atom is 0.119 e. The predicted molar refractivity (Wildman–Crippen MR) is 51.1 cm³/mol. The average Bonchev–Trinajstić information content (AvgIpc) is 2.15. The van der Waals surface area contributed by atoms with Gasteiger partial charge in [0.2, 0.25) is 0 Å². The van der Waals surface area contributed by atoms with Crippen LogP contribution in [-0.4, -0.2) is 13.7 Å². The van der Waals surface area contributed by atoms with E-state index in [1.165, 1.54) is 0 Å². The number of benzene rings is 1. The zero-order chi connectivity index (χ0) is 8.81. The summed E-state index contributed by atoms with van der Waals surface area (Å²) in [6.07, 6.45) is 3.89. The fourth-order valence-electron chi connectivity index (χ4n) is 0.949. The standard InChI is InChI=1S/C10H13NO/c1-12-10-6-2-4-9(8-10)5-3-7-11/h2-6,8H,7,11H2,1H3. The van der Waals surface area contributed by atoms with E-state index in [0.717, 1.165) is 11.3 Å². The van der Waals surface area contributed by atoms with Crippen LogP contribution >= 0.6 is 0 Å². The molecular formula is C10H13NO. The van der Waals surface area contributed by atoms with Crippen LogP contribution in [-0.2, 0) is 0 Å². The third-order valence-corrected chi connectivity index (χ3v) is 1.54. The molecule has 1 aromatic rings. The van der Waals surface area contributed by atoms with Crippen LogP contribution in [0.15, 0.2) is 30.3 Å². The van der Waals surface area contributed by atoms with E-state index in [1.807, 2.05) is 36.4 Å². The minimum atomic E-state index is 0.567. The van der Waals surface area contributed by atoms with Crippen molar-refractivity contribution in [3.8, 4) is 5.75 Å². The van der Waals surface area contributed by atoms with Gasteiger partial charge in [0.25, 0.3) is 0 Å². The number of hydrogen-bond donors (Lipinski definition) is 1. The number of nitrogens with two attached hydrogens (primary N) is 1. The Hall–Kier alpha value is -1.28. The lowest BCUT2D eigenvalue weighted by molar-refractivity contribution is 0.414. The molecule has 2 heteroatoms. The maximum atomic E-state index is 5.33. The Kier molecular flexibility index (Phi) is 3.35. The molecule has 0 aliphatic heterocycles. The highest BCUT2D eigenvalue weighted by molar-refractivity contribution is 5.51. The van der Waals surface area contributed by atoms with Crippen LogP contribution in [0, 0.1) is 0 Å². The summed E-state index contributed by atoms with van der Waals surface area (Å²) in [4.78, 5) is 0. The van der Waals surface area contributed by atoms with Crippen molar-refractivity contribution in [3.05, 3.63) is 35.9 Å². The second-order valence-corrected chi connectivity index (χ2v) is 2.41. The number of hydrogen-bond acceptors (Lipinski definition) is 2. The van der Waals surface area contributed by atoms with Gasteiger partial charge in [0.15, 0.2) is 0 Å². The molecule has 0 amide bonds. The summed E-state index contributed by atoms with van der Waals surface area (Å²) >= 11 is 0. The maximum absolute atomic E-state index is 5.33. The Balaban J connectivity index is 2.79. The van der Waals surface area contributed by atoms with Gasteiger partial charge in [0, 0.05) is 6.54 Å². The third-order valence-electron chi connectivity index (χ3n) is 1.54. The van der Waals surface area contributed by atoms with E-state index in [2.05, 4.69) is 0 Å². The van der Waals surface area contributed by atoms with Crippen molar-refractivity contribution >= 4 is 6.08 Å². The van der Waals surface area contributed by atoms with Crippen LogP contribution in [0.2, 0.25) is 0 Å². The summed E-state index contributed by atoms with van der Waals surface area (Å²) in [7, 11) is 1.66. The highest BCUT2D eigenvalue weighted by Crippen LogP contribution is 2.13. The van der Waals surface area contributed by atoms with E-state index in [9.17, 15) is 0 Å². The molecule has 1 aromatic carbocycles. The zero-order valence-electron chi connectivity index (χ0n) is 7.16. The first-order valence-electron chi connectivity index (χ1n) is 3.87. The van der Waals surface area contributed by atoms with Crippen molar-refractivity contribution in [2.24, 2.45) is 5.73 Å². The van der Waals surface area contributed by atoms with Gasteiger partial charge < -0.3 is 10.5 Å². The van der Waals surface area contributed by atoms with E-state index < -0.39 is 0 Å². The largest absolute Gasteiger partial charge is 0.497 e. The lowest BCUT2D eigenvalue weighted by Crippen LogP contribution is -1.91. The smallest absolute Gasteiger partial charge is 0.119 e. The minimum absolute atomic E-state index is 0.567. The molecule has 0 atom stereocenters. The monoisotopic (exact) mass is 163 g/mol. The molecule has 2 nitrogen and oxygen atoms in total. The van der Waals surface area contributed by atoms with E-state index in [-0.39, 0.29) is 0 Å². The molecule has 0 aliphatic rings. The van der Waals surface area contributed by atoms with Crippen LogP contribution in [0.3, 0.4) is 0 Å². The van der Waals surface area contributed by atoms with Gasteiger partial charge >= 0.3 is 0 Å². The Bertz CT molecular complexity index is 268. The van der Waals surface area contributed by atoms with Crippen LogP contribution < -0.4 is 10.5 Å². The van der Waals surface area contributed by atoms with Crippen molar-refractivity contribution in [3.63, 3.8) is 0 Å². The summed E-state index contributed by atoms with van der Waals surface area (Å²) in [6.45, 7) is 0.567. The minimum Gasteiger partial charge on any atom is -0.497 e. The fraction of sp³-hybridized carbons (Fsp3) is 0.200. The van der Waals surface area contributed by atoms with Crippen molar-refractivity contribution in [1.29, 1.82) is 0 Å². The summed E-state index contributed by atoms with van der Waals surface area (Å²) in [5.74, 6) is 0.870. The van der Waals surface area contributed by atoms with E-state index in [4.69, 9.17) is 10.5 Å². The Labute approximate surface area is 72.7 Å². The normalized spacial score (nSPS) is 10.5. The fourth-order valence-corrected chi connectivity index (χ4v) is 0.949. The van der Waals surface area contributed by atoms with Crippen molar-refractivity contribution in [2.75, 3.05) is 13.7 Å². The molecule has 0 saturated carbocycles. The van der Waals surface area contributed by atoms with Gasteiger partial charge in [-0.15, -0.1) is 0 Å². The predicted octanol–water partition coefficient (Wildman–Crippen LogP) is 1.67. The van der Waals surface area contributed by atoms with Crippen LogP contribution in [0.4, 0.5) is 0 Å². The SMILES string of the molecule is COc1cccc(C=CCN)c1. The number of methoxy groups -OCH3 is 1. The molecule has 0 radical (unpaired) electrons. The first-order valence-corrected chi connectivity index (χ1v) is 3.87. The average molecular weight is 163 g/mol. The van der Waals surface area contributed by atoms with E-state index in [0.29, 0.717) is 6.54 Å². The molecular weight excluding hydrogens is 150 g/mol. The Morgan fingerprint density at radius 1 is 1.50 bits per heavy atom. The zero-order valence-corrected chi connectivity index (χ0v) is 7.16. The molecule has 0 unspecified atom stereocenters. The van der Waals surface area contributed by atoms with Crippen LogP contribution in [0.5, 0.6) is 5.75 Å². The van der Waals surface area contributed by atoms with Crippen LogP contribution in [0.1, 0.15) is 5.56 Å². The van der Waals surface area contributed by atoms with Gasteiger partial charge in [-0.25, -0.2) is 0 Å². The van der Waals surface area contributed by atoms with Gasteiger partial charge in [-0.1, -0.05) is 24.3 Å². The lowest BCUT2D eigenvalue weighted by atomic mass is 10.2. The topological polar surface area (TPSA) is 35.2 Å². The molecule has 0 fully saturated rings. The summed E-state index contributed by atoms with van der Waals surface area (Å²) in [5, 5.41) is 0. The Morgan fingerprint density at radius 3 is 3.00 bits per heavy atom. The molecule has 1 rings (SSSR count). The molecule has 12 heavy (non-hydrogen) atoms. The first kappa shape index (κ1) is 8.81. The third kappa shape index (κ3) is 2.40. The van der Waals surface area contributed by atoms with Gasteiger partial charge in [0.1, 0.15) is 5.75 Å². The van der Waals surface area contributed by atoms with Crippen molar-refractivity contribution in [1.82, 2.24) is 0 Å². The number of ether oxygens (including phenoxy) is 1. The highest BCUT2D eigenvalue weighted by atomic mass is 16.5. The highest BCUT2D eigenvalue weighted by Gasteiger charge is 1.89. The van der Waals surface area contributed by atoms with Crippen molar-refractivity contribution < 1.29 is 4.74 Å². The summed E-state index contributed by atoms with van der Waals surface area (Å²) in [5.41, 5.74) is 6.44. The van der Waals surface area contributed by atoms with E-state index >= 15 is 0 Å². The lowest BCUT2D eigenvalue weighted by Gasteiger charge is -1.99. The van der Waals surface area contributed by atoms with Gasteiger partial charge in [0.05, 0.1) is 7.11 Å². The molecule has 2 N–H and O–H groups in total. The summed E-state index contributed by atoms with van der Waals surface area (Å²) < 4.78 is 5.07. The van der Waals surface area contributed by atoms with E-state index in [1.54, 1.807) is 7.11 Å². The van der Waals surface area contributed by atoms with Gasteiger partial charge in [-0.2, -0.15) is 0 Å². The molecule has 0 heterocycles. The van der Waals surface area contributed by atoms with Gasteiger partial charge in [-0.3, -0.25) is 0 Å². The summed E-state index contributed by atoms with van der Waals surface area (Å²) in [6, 6.07) is 7.84. The molecule has 0 bridgehead atoms. The Morgan fingerprint density at radius 2 is 2.33 bits per heavy atom. The quantitative estimate of drug-likeness (QED) is 0.735. The molecule has 64 valence electrons. The van der Waals surface area contributed by atoms with Crippen LogP contribution in [0.25, 0.3) is 6.08 Å².